The van der Waals surface area contributed by atoms with Crippen LogP contribution in [0, 0.1) is 6.92 Å². The van der Waals surface area contributed by atoms with Gasteiger partial charge in [-0.25, -0.2) is 0 Å². The van der Waals surface area contributed by atoms with Gasteiger partial charge in [-0.2, -0.15) is 0 Å². The molecule has 0 bridgehead atoms. The zero-order chi connectivity index (χ0) is 13.4. The van der Waals surface area contributed by atoms with Crippen LogP contribution in [0.25, 0.3) is 0 Å². The van der Waals surface area contributed by atoms with Crippen molar-refractivity contribution in [3.63, 3.8) is 0 Å². The number of carbonyl (C=O) groups excluding carboxylic acids is 2. The number of aryl methyl sites for hydroxylation is 1. The van der Waals surface area contributed by atoms with E-state index in [1.807, 2.05) is 43.3 Å². The number of fused-ring (bicyclic) bond motifs is 1. The highest BCUT2D eigenvalue weighted by Crippen LogP contribution is 2.29. The van der Waals surface area contributed by atoms with Crippen LogP contribution in [0.4, 0.5) is 5.69 Å². The summed E-state index contributed by atoms with van der Waals surface area (Å²) >= 11 is 0. The molecule has 19 heavy (non-hydrogen) atoms. The van der Waals surface area contributed by atoms with Gasteiger partial charge in [-0.3, -0.25) is 9.59 Å². The fourth-order valence-electron chi connectivity index (χ4n) is 2.40. The van der Waals surface area contributed by atoms with Crippen molar-refractivity contribution in [1.82, 2.24) is 0 Å². The Morgan fingerprint density at radius 3 is 2.58 bits per heavy atom. The van der Waals surface area contributed by atoms with E-state index in [1.54, 1.807) is 17.0 Å². The summed E-state index contributed by atoms with van der Waals surface area (Å²) in [6, 6.07) is 15.1. The fourth-order valence-corrected chi connectivity index (χ4v) is 2.40. The number of benzene rings is 2. The van der Waals surface area contributed by atoms with Gasteiger partial charge in [0, 0.05) is 0 Å². The predicted molar refractivity (Wildman–Crippen MR) is 73.1 cm³/mol. The molecule has 0 radical (unpaired) electrons. The highest BCUT2D eigenvalue weighted by molar-refractivity contribution is 6.52. The van der Waals surface area contributed by atoms with Crippen molar-refractivity contribution in [3.8, 4) is 0 Å². The van der Waals surface area contributed by atoms with Gasteiger partial charge in [-0.1, -0.05) is 42.0 Å². The average Bonchev–Trinajstić information content (AvgIpc) is 2.65. The molecule has 0 saturated carbocycles. The average molecular weight is 251 g/mol. The van der Waals surface area contributed by atoms with Crippen LogP contribution in [0.15, 0.2) is 48.5 Å². The minimum Gasteiger partial charge on any atom is -0.300 e. The maximum atomic E-state index is 12.0. The first-order valence-electron chi connectivity index (χ1n) is 6.17. The second kappa shape index (κ2) is 4.35. The van der Waals surface area contributed by atoms with Gasteiger partial charge in [0.15, 0.2) is 0 Å². The number of nitrogens with zero attached hydrogens (tertiary/aromatic N) is 1. The number of carbonyl (C=O) groups is 2. The summed E-state index contributed by atoms with van der Waals surface area (Å²) in [7, 11) is 0. The van der Waals surface area contributed by atoms with Crippen molar-refractivity contribution in [2.24, 2.45) is 0 Å². The third kappa shape index (κ3) is 1.93. The molecule has 94 valence electrons. The van der Waals surface area contributed by atoms with Crippen LogP contribution in [-0.2, 0) is 11.3 Å². The van der Waals surface area contributed by atoms with Gasteiger partial charge in [0.1, 0.15) is 0 Å². The van der Waals surface area contributed by atoms with E-state index in [1.165, 1.54) is 0 Å². The largest absolute Gasteiger partial charge is 0.300 e. The summed E-state index contributed by atoms with van der Waals surface area (Å²) < 4.78 is 0. The van der Waals surface area contributed by atoms with Crippen molar-refractivity contribution >= 4 is 17.4 Å². The minimum absolute atomic E-state index is 0.414. The van der Waals surface area contributed by atoms with E-state index in [9.17, 15) is 9.59 Å². The summed E-state index contributed by atoms with van der Waals surface area (Å²) in [5.74, 6) is -0.856. The van der Waals surface area contributed by atoms with Crippen LogP contribution in [0.5, 0.6) is 0 Å². The molecule has 0 spiro atoms. The molecule has 3 nitrogen and oxygen atoms in total. The third-order valence-corrected chi connectivity index (χ3v) is 3.30. The number of hydrogen-bond acceptors (Lipinski definition) is 2. The number of Topliss-reactive ketones (excluding diaryl/α,β-unsaturated/α-hetero) is 1. The van der Waals surface area contributed by atoms with E-state index >= 15 is 0 Å². The lowest BCUT2D eigenvalue weighted by molar-refractivity contribution is -0.114. The van der Waals surface area contributed by atoms with E-state index in [4.69, 9.17) is 0 Å². The Labute approximate surface area is 111 Å². The van der Waals surface area contributed by atoms with Crippen LogP contribution in [-0.4, -0.2) is 11.7 Å². The van der Waals surface area contributed by atoms with Crippen LogP contribution < -0.4 is 4.90 Å². The first kappa shape index (κ1) is 11.7. The van der Waals surface area contributed by atoms with E-state index in [0.717, 1.165) is 11.1 Å². The number of hydrogen-bond donors (Lipinski definition) is 0. The second-order valence-corrected chi connectivity index (χ2v) is 4.73. The molecule has 0 atom stereocenters. The number of ketones is 1. The van der Waals surface area contributed by atoms with Crippen LogP contribution in [0.3, 0.4) is 0 Å². The zero-order valence-electron chi connectivity index (χ0n) is 10.6. The lowest BCUT2D eigenvalue weighted by Crippen LogP contribution is -2.29. The molecule has 0 N–H and O–H groups in total. The Morgan fingerprint density at radius 1 is 1.00 bits per heavy atom. The van der Waals surface area contributed by atoms with Gasteiger partial charge >= 0.3 is 0 Å². The van der Waals surface area contributed by atoms with Crippen molar-refractivity contribution in [2.75, 3.05) is 4.90 Å². The second-order valence-electron chi connectivity index (χ2n) is 4.73. The predicted octanol–water partition coefficient (Wildman–Crippen LogP) is 2.72. The lowest BCUT2D eigenvalue weighted by Gasteiger charge is -2.16. The Balaban J connectivity index is 1.98. The molecular weight excluding hydrogens is 238 g/mol. The van der Waals surface area contributed by atoms with Gasteiger partial charge in [0.2, 0.25) is 0 Å². The molecule has 1 heterocycles. The van der Waals surface area contributed by atoms with Gasteiger partial charge < -0.3 is 4.90 Å². The van der Waals surface area contributed by atoms with E-state index < -0.39 is 11.7 Å². The molecule has 0 saturated heterocycles. The molecule has 0 unspecified atom stereocenters. The van der Waals surface area contributed by atoms with E-state index in [2.05, 4.69) is 0 Å². The summed E-state index contributed by atoms with van der Waals surface area (Å²) in [4.78, 5) is 25.4. The number of amides is 1. The SMILES string of the molecule is Cc1cccc(CN2C(=O)C(=O)c3ccccc32)c1. The Hall–Kier alpha value is -2.42. The summed E-state index contributed by atoms with van der Waals surface area (Å²) in [6.45, 7) is 2.44. The first-order chi connectivity index (χ1) is 9.16. The smallest absolute Gasteiger partial charge is 0.299 e. The highest BCUT2D eigenvalue weighted by atomic mass is 16.2. The van der Waals surface area contributed by atoms with Crippen molar-refractivity contribution in [3.05, 3.63) is 65.2 Å². The summed E-state index contributed by atoms with van der Waals surface area (Å²) in [5.41, 5.74) is 3.38. The zero-order valence-corrected chi connectivity index (χ0v) is 10.6. The van der Waals surface area contributed by atoms with Gasteiger partial charge in [0.25, 0.3) is 11.7 Å². The Kier molecular flexibility index (Phi) is 2.67. The Bertz CT molecular complexity index is 676. The molecule has 2 aromatic carbocycles. The third-order valence-electron chi connectivity index (χ3n) is 3.30. The van der Waals surface area contributed by atoms with E-state index in [-0.39, 0.29) is 0 Å². The molecule has 0 fully saturated rings. The van der Waals surface area contributed by atoms with Gasteiger partial charge in [-0.15, -0.1) is 0 Å². The topological polar surface area (TPSA) is 37.4 Å². The molecule has 1 aliphatic heterocycles. The summed E-state index contributed by atoms with van der Waals surface area (Å²) in [6.07, 6.45) is 0. The minimum atomic E-state index is -0.442. The van der Waals surface area contributed by atoms with Crippen molar-refractivity contribution in [2.45, 2.75) is 13.5 Å². The first-order valence-corrected chi connectivity index (χ1v) is 6.17. The summed E-state index contributed by atoms with van der Waals surface area (Å²) in [5, 5.41) is 0. The molecule has 1 aliphatic rings. The van der Waals surface area contributed by atoms with Gasteiger partial charge in [-0.05, 0) is 24.6 Å². The molecule has 1 amide bonds. The quantitative estimate of drug-likeness (QED) is 0.770. The standard InChI is InChI=1S/C16H13NO2/c1-11-5-4-6-12(9-11)10-17-14-8-3-2-7-13(14)15(18)16(17)19/h2-9H,10H2,1H3. The lowest BCUT2D eigenvalue weighted by atomic mass is 10.1. The number of para-hydroxylation sites is 1. The van der Waals surface area contributed by atoms with Crippen molar-refractivity contribution in [1.29, 1.82) is 0 Å². The van der Waals surface area contributed by atoms with Crippen molar-refractivity contribution < 1.29 is 9.59 Å². The molecule has 0 aliphatic carbocycles. The molecule has 3 rings (SSSR count). The van der Waals surface area contributed by atoms with Gasteiger partial charge in [0.05, 0.1) is 17.8 Å². The number of rotatable bonds is 2. The molecular formula is C16H13NO2. The molecule has 3 heteroatoms. The Morgan fingerprint density at radius 2 is 1.79 bits per heavy atom. The fraction of sp³-hybridized carbons (Fsp3) is 0.125. The maximum absolute atomic E-state index is 12.0. The molecule has 0 aromatic heterocycles. The van der Waals surface area contributed by atoms with Crippen LogP contribution >= 0.6 is 0 Å². The van der Waals surface area contributed by atoms with Crippen LogP contribution in [0.1, 0.15) is 21.5 Å². The molecule has 2 aromatic rings. The maximum Gasteiger partial charge on any atom is 0.299 e. The highest BCUT2D eigenvalue weighted by Gasteiger charge is 2.35. The van der Waals surface area contributed by atoms with Crippen LogP contribution in [0.2, 0.25) is 0 Å². The monoisotopic (exact) mass is 251 g/mol. The number of anilines is 1. The normalized spacial score (nSPS) is 13.8. The van der Waals surface area contributed by atoms with E-state index in [0.29, 0.717) is 17.8 Å².